The van der Waals surface area contributed by atoms with E-state index in [-0.39, 0.29) is 11.8 Å². The molecule has 0 unspecified atom stereocenters. The minimum Gasteiger partial charge on any atom is -0.385 e. The third kappa shape index (κ3) is 6.01. The van der Waals surface area contributed by atoms with E-state index < -0.39 is 0 Å². The first-order valence-corrected chi connectivity index (χ1v) is 9.86. The van der Waals surface area contributed by atoms with Gasteiger partial charge in [-0.1, -0.05) is 0 Å². The van der Waals surface area contributed by atoms with Crippen LogP contribution < -0.4 is 20.9 Å². The van der Waals surface area contributed by atoms with E-state index >= 15 is 0 Å². The summed E-state index contributed by atoms with van der Waals surface area (Å²) in [6, 6.07) is 15.5. The van der Waals surface area contributed by atoms with E-state index in [0.29, 0.717) is 24.3 Å². The van der Waals surface area contributed by atoms with Crippen LogP contribution in [0.5, 0.6) is 0 Å². The second kappa shape index (κ2) is 9.78. The summed E-state index contributed by atoms with van der Waals surface area (Å²) in [4.78, 5) is 25.5. The van der Waals surface area contributed by atoms with Crippen LogP contribution in [-0.4, -0.2) is 31.4 Å². The van der Waals surface area contributed by atoms with E-state index in [1.807, 2.05) is 0 Å². The van der Waals surface area contributed by atoms with Crippen molar-refractivity contribution in [2.45, 2.75) is 32.6 Å². The maximum atomic E-state index is 12.1. The maximum Gasteiger partial charge on any atom is 0.226 e. The third-order valence-electron chi connectivity index (χ3n) is 4.76. The van der Waals surface area contributed by atoms with E-state index in [0.717, 1.165) is 18.8 Å². The van der Waals surface area contributed by atoms with Gasteiger partial charge in [0.25, 0.3) is 0 Å². The smallest absolute Gasteiger partial charge is 0.226 e. The number of hydrogen-bond donors (Lipinski definition) is 3. The predicted octanol–water partition coefficient (Wildman–Crippen LogP) is 4.08. The van der Waals surface area contributed by atoms with Gasteiger partial charge in [0, 0.05) is 55.7 Å². The van der Waals surface area contributed by atoms with E-state index in [1.165, 1.54) is 31.9 Å². The standard InChI is InChI=1S/C22H28N4O2/c1-17(27)24-19-5-7-20(8-6-19)25-22(28)13-14-23-18-9-11-21(12-10-18)26-15-3-2-4-16-26/h5-12,23H,2-4,13-16H2,1H3,(H,24,27)(H,25,28). The van der Waals surface area contributed by atoms with Gasteiger partial charge in [-0.2, -0.15) is 0 Å². The Balaban J connectivity index is 1.40. The minimum atomic E-state index is -0.119. The van der Waals surface area contributed by atoms with Crippen molar-refractivity contribution in [1.29, 1.82) is 0 Å². The van der Waals surface area contributed by atoms with E-state index in [9.17, 15) is 9.59 Å². The van der Waals surface area contributed by atoms with E-state index in [2.05, 4.69) is 45.1 Å². The number of rotatable bonds is 7. The molecule has 3 N–H and O–H groups in total. The van der Waals surface area contributed by atoms with Crippen LogP contribution in [0.15, 0.2) is 48.5 Å². The molecule has 2 aromatic carbocycles. The molecule has 2 aromatic rings. The Bertz CT molecular complexity index is 781. The highest BCUT2D eigenvalue weighted by Crippen LogP contribution is 2.21. The first-order valence-electron chi connectivity index (χ1n) is 9.86. The van der Waals surface area contributed by atoms with Gasteiger partial charge in [0.1, 0.15) is 0 Å². The maximum absolute atomic E-state index is 12.1. The van der Waals surface area contributed by atoms with E-state index in [1.54, 1.807) is 24.3 Å². The number of benzene rings is 2. The molecule has 1 saturated heterocycles. The van der Waals surface area contributed by atoms with Crippen LogP contribution in [0, 0.1) is 0 Å². The molecule has 1 fully saturated rings. The van der Waals surface area contributed by atoms with Crippen LogP contribution in [0.4, 0.5) is 22.7 Å². The predicted molar refractivity (Wildman–Crippen MR) is 115 cm³/mol. The molecule has 0 aromatic heterocycles. The van der Waals surface area contributed by atoms with Gasteiger partial charge in [0.05, 0.1) is 0 Å². The Morgan fingerprint density at radius 2 is 1.39 bits per heavy atom. The molecule has 0 spiro atoms. The molecular formula is C22H28N4O2. The summed E-state index contributed by atoms with van der Waals surface area (Å²) in [5.74, 6) is -0.170. The highest BCUT2D eigenvalue weighted by atomic mass is 16.2. The molecule has 6 nitrogen and oxygen atoms in total. The molecule has 0 atom stereocenters. The van der Waals surface area contributed by atoms with Gasteiger partial charge >= 0.3 is 0 Å². The lowest BCUT2D eigenvalue weighted by atomic mass is 10.1. The largest absolute Gasteiger partial charge is 0.385 e. The number of nitrogens with zero attached hydrogens (tertiary/aromatic N) is 1. The summed E-state index contributed by atoms with van der Waals surface area (Å²) in [5, 5.41) is 8.86. The topological polar surface area (TPSA) is 73.5 Å². The summed E-state index contributed by atoms with van der Waals surface area (Å²) in [6.45, 7) is 4.31. The van der Waals surface area contributed by atoms with Crippen LogP contribution in [0.3, 0.4) is 0 Å². The van der Waals surface area contributed by atoms with Crippen molar-refractivity contribution >= 4 is 34.6 Å². The summed E-state index contributed by atoms with van der Waals surface area (Å²) in [6.07, 6.45) is 4.25. The van der Waals surface area contributed by atoms with Crippen molar-refractivity contribution in [3.8, 4) is 0 Å². The number of carbonyl (C=O) groups is 2. The molecule has 1 heterocycles. The van der Waals surface area contributed by atoms with Gasteiger partial charge in [-0.3, -0.25) is 9.59 Å². The van der Waals surface area contributed by atoms with Gasteiger partial charge in [-0.15, -0.1) is 0 Å². The average Bonchev–Trinajstić information content (AvgIpc) is 2.70. The average molecular weight is 380 g/mol. The van der Waals surface area contributed by atoms with Gasteiger partial charge in [-0.05, 0) is 67.8 Å². The summed E-state index contributed by atoms with van der Waals surface area (Å²) in [7, 11) is 0. The molecule has 1 aliphatic rings. The van der Waals surface area contributed by atoms with Crippen molar-refractivity contribution in [2.24, 2.45) is 0 Å². The lowest BCUT2D eigenvalue weighted by Crippen LogP contribution is -2.29. The quantitative estimate of drug-likeness (QED) is 0.677. The van der Waals surface area contributed by atoms with Crippen LogP contribution in [-0.2, 0) is 9.59 Å². The van der Waals surface area contributed by atoms with E-state index in [4.69, 9.17) is 0 Å². The van der Waals surface area contributed by atoms with Crippen molar-refractivity contribution in [3.63, 3.8) is 0 Å². The zero-order valence-electron chi connectivity index (χ0n) is 16.3. The van der Waals surface area contributed by atoms with Crippen LogP contribution in [0.1, 0.15) is 32.6 Å². The summed E-state index contributed by atoms with van der Waals surface area (Å²) >= 11 is 0. The fraction of sp³-hybridized carbons (Fsp3) is 0.364. The fourth-order valence-corrected chi connectivity index (χ4v) is 3.33. The monoisotopic (exact) mass is 380 g/mol. The van der Waals surface area contributed by atoms with Crippen molar-refractivity contribution in [1.82, 2.24) is 0 Å². The zero-order chi connectivity index (χ0) is 19.8. The molecular weight excluding hydrogens is 352 g/mol. The molecule has 6 heteroatoms. The molecule has 0 saturated carbocycles. The number of carbonyl (C=O) groups excluding carboxylic acids is 2. The number of anilines is 4. The number of amides is 2. The van der Waals surface area contributed by atoms with Gasteiger partial charge in [0.2, 0.25) is 11.8 Å². The normalized spacial score (nSPS) is 13.7. The highest BCUT2D eigenvalue weighted by Gasteiger charge is 2.10. The Labute approximate surface area is 166 Å². The Kier molecular flexibility index (Phi) is 6.89. The summed E-state index contributed by atoms with van der Waals surface area (Å²) < 4.78 is 0. The Morgan fingerprint density at radius 3 is 2.00 bits per heavy atom. The summed E-state index contributed by atoms with van der Waals surface area (Å²) in [5.41, 5.74) is 3.71. The van der Waals surface area contributed by atoms with Crippen molar-refractivity contribution < 1.29 is 9.59 Å². The molecule has 2 amide bonds. The molecule has 0 aliphatic carbocycles. The Morgan fingerprint density at radius 1 is 0.821 bits per heavy atom. The fourth-order valence-electron chi connectivity index (χ4n) is 3.33. The molecule has 0 radical (unpaired) electrons. The highest BCUT2D eigenvalue weighted by molar-refractivity contribution is 5.92. The first kappa shape index (κ1) is 19.7. The van der Waals surface area contributed by atoms with Crippen LogP contribution in [0.2, 0.25) is 0 Å². The molecule has 0 bridgehead atoms. The SMILES string of the molecule is CC(=O)Nc1ccc(NC(=O)CCNc2ccc(N3CCCCC3)cc2)cc1. The Hall–Kier alpha value is -3.02. The molecule has 1 aliphatic heterocycles. The molecule has 148 valence electrons. The van der Waals surface area contributed by atoms with Crippen LogP contribution in [0.25, 0.3) is 0 Å². The second-order valence-electron chi connectivity index (χ2n) is 7.08. The second-order valence-corrected chi connectivity index (χ2v) is 7.08. The lowest BCUT2D eigenvalue weighted by molar-refractivity contribution is -0.116. The van der Waals surface area contributed by atoms with Crippen molar-refractivity contribution in [2.75, 3.05) is 40.5 Å². The molecule has 28 heavy (non-hydrogen) atoms. The zero-order valence-corrected chi connectivity index (χ0v) is 16.3. The number of piperidine rings is 1. The van der Waals surface area contributed by atoms with Crippen molar-refractivity contribution in [3.05, 3.63) is 48.5 Å². The van der Waals surface area contributed by atoms with Crippen LogP contribution >= 0.6 is 0 Å². The minimum absolute atomic E-state index is 0.0512. The third-order valence-corrected chi connectivity index (χ3v) is 4.76. The van der Waals surface area contributed by atoms with Gasteiger partial charge in [0.15, 0.2) is 0 Å². The molecule has 3 rings (SSSR count). The lowest BCUT2D eigenvalue weighted by Gasteiger charge is -2.28. The van der Waals surface area contributed by atoms with Gasteiger partial charge < -0.3 is 20.9 Å². The number of hydrogen-bond acceptors (Lipinski definition) is 4. The number of nitrogens with one attached hydrogen (secondary N) is 3. The van der Waals surface area contributed by atoms with Gasteiger partial charge in [-0.25, -0.2) is 0 Å². The first-order chi connectivity index (χ1) is 13.6.